The number of unbranched alkanes of at least 4 members (excludes halogenated alkanes) is 1. The first-order chi connectivity index (χ1) is 8.63. The van der Waals surface area contributed by atoms with E-state index in [1.165, 1.54) is 11.5 Å². The molecule has 0 atom stereocenters. The zero-order chi connectivity index (χ0) is 13.1. The predicted octanol–water partition coefficient (Wildman–Crippen LogP) is 4.68. The van der Waals surface area contributed by atoms with Crippen molar-refractivity contribution in [2.24, 2.45) is 0 Å². The molecular formula is C13H13Cl2NOS. The maximum atomic E-state index is 12.0. The third-order valence-electron chi connectivity index (χ3n) is 2.64. The standard InChI is InChI=1S/C13H13Cl2NOS/c1-2-3-8-16-13(17)11(15)12(18-16)9-4-6-10(14)7-5-9/h4-7H,2-3,8H2,1H3. The minimum Gasteiger partial charge on any atom is -0.267 e. The summed E-state index contributed by atoms with van der Waals surface area (Å²) in [7, 11) is 0. The first-order valence-electron chi connectivity index (χ1n) is 5.79. The molecule has 2 nitrogen and oxygen atoms in total. The van der Waals surface area contributed by atoms with E-state index < -0.39 is 0 Å². The van der Waals surface area contributed by atoms with Gasteiger partial charge in [0.1, 0.15) is 5.02 Å². The number of rotatable bonds is 4. The highest BCUT2D eigenvalue weighted by molar-refractivity contribution is 7.11. The molecule has 0 bridgehead atoms. The molecule has 0 aliphatic carbocycles. The van der Waals surface area contributed by atoms with Gasteiger partial charge in [-0.25, -0.2) is 0 Å². The lowest BCUT2D eigenvalue weighted by atomic mass is 10.2. The maximum Gasteiger partial charge on any atom is 0.280 e. The van der Waals surface area contributed by atoms with Crippen LogP contribution in [0, 0.1) is 0 Å². The van der Waals surface area contributed by atoms with Crippen molar-refractivity contribution in [3.05, 3.63) is 44.7 Å². The molecule has 2 aromatic rings. The molecule has 1 heterocycles. The van der Waals surface area contributed by atoms with Crippen molar-refractivity contribution in [2.45, 2.75) is 26.3 Å². The van der Waals surface area contributed by atoms with Gasteiger partial charge in [0.05, 0.1) is 4.88 Å². The van der Waals surface area contributed by atoms with Gasteiger partial charge in [0, 0.05) is 11.6 Å². The largest absolute Gasteiger partial charge is 0.280 e. The van der Waals surface area contributed by atoms with E-state index in [1.807, 2.05) is 12.1 Å². The Morgan fingerprint density at radius 3 is 2.50 bits per heavy atom. The Balaban J connectivity index is 2.39. The van der Waals surface area contributed by atoms with Gasteiger partial charge < -0.3 is 0 Å². The van der Waals surface area contributed by atoms with Crippen molar-refractivity contribution in [2.75, 3.05) is 0 Å². The predicted molar refractivity (Wildman–Crippen MR) is 78.9 cm³/mol. The average Bonchev–Trinajstić information content (AvgIpc) is 2.65. The van der Waals surface area contributed by atoms with Crippen LogP contribution < -0.4 is 5.56 Å². The Kier molecular flexibility index (Phi) is 4.49. The number of nitrogens with zero attached hydrogens (tertiary/aromatic N) is 1. The average molecular weight is 302 g/mol. The summed E-state index contributed by atoms with van der Waals surface area (Å²) in [6, 6.07) is 7.36. The van der Waals surface area contributed by atoms with Gasteiger partial charge in [0.2, 0.25) is 0 Å². The van der Waals surface area contributed by atoms with Crippen LogP contribution >= 0.6 is 34.7 Å². The molecule has 18 heavy (non-hydrogen) atoms. The SMILES string of the molecule is CCCCn1sc(-c2ccc(Cl)cc2)c(Cl)c1=O. The number of benzene rings is 1. The molecule has 0 amide bonds. The fourth-order valence-electron chi connectivity index (χ4n) is 1.63. The van der Waals surface area contributed by atoms with Crippen LogP contribution in [0.4, 0.5) is 0 Å². The molecular weight excluding hydrogens is 289 g/mol. The molecule has 0 aliphatic heterocycles. The van der Waals surface area contributed by atoms with E-state index in [9.17, 15) is 4.79 Å². The molecule has 0 spiro atoms. The minimum absolute atomic E-state index is 0.0972. The Morgan fingerprint density at radius 1 is 1.22 bits per heavy atom. The lowest BCUT2D eigenvalue weighted by Gasteiger charge is -1.98. The summed E-state index contributed by atoms with van der Waals surface area (Å²) in [5, 5.41) is 0.978. The molecule has 0 saturated carbocycles. The van der Waals surface area contributed by atoms with E-state index in [2.05, 4.69) is 6.92 Å². The van der Waals surface area contributed by atoms with Gasteiger partial charge in [0.25, 0.3) is 5.56 Å². The van der Waals surface area contributed by atoms with Crippen LogP contribution in [0.15, 0.2) is 29.1 Å². The number of halogens is 2. The molecule has 0 aliphatic rings. The highest BCUT2D eigenvalue weighted by Gasteiger charge is 2.14. The van der Waals surface area contributed by atoms with Gasteiger partial charge in [-0.15, -0.1) is 0 Å². The molecule has 0 unspecified atom stereocenters. The van der Waals surface area contributed by atoms with E-state index in [-0.39, 0.29) is 5.56 Å². The van der Waals surface area contributed by atoms with Gasteiger partial charge in [-0.2, -0.15) is 0 Å². The highest BCUT2D eigenvalue weighted by Crippen LogP contribution is 2.31. The van der Waals surface area contributed by atoms with Crippen LogP contribution in [-0.2, 0) is 6.54 Å². The van der Waals surface area contributed by atoms with E-state index in [0.29, 0.717) is 10.0 Å². The lowest BCUT2D eigenvalue weighted by molar-refractivity contribution is 0.658. The molecule has 5 heteroatoms. The Labute approximate surface area is 120 Å². The van der Waals surface area contributed by atoms with Crippen LogP contribution in [0.2, 0.25) is 10.0 Å². The summed E-state index contributed by atoms with van der Waals surface area (Å²) in [5.74, 6) is 0. The Morgan fingerprint density at radius 2 is 1.89 bits per heavy atom. The minimum atomic E-state index is -0.0972. The van der Waals surface area contributed by atoms with Crippen molar-refractivity contribution < 1.29 is 0 Å². The number of hydrogen-bond donors (Lipinski definition) is 0. The van der Waals surface area contributed by atoms with Crippen molar-refractivity contribution >= 4 is 34.7 Å². The van der Waals surface area contributed by atoms with Crippen molar-refractivity contribution in [1.82, 2.24) is 3.96 Å². The fraction of sp³-hybridized carbons (Fsp3) is 0.308. The molecule has 0 fully saturated rings. The Bertz CT molecular complexity index is 586. The van der Waals surface area contributed by atoms with Gasteiger partial charge in [-0.3, -0.25) is 8.75 Å². The van der Waals surface area contributed by atoms with Crippen molar-refractivity contribution in [3.8, 4) is 10.4 Å². The van der Waals surface area contributed by atoms with Crippen LogP contribution in [0.5, 0.6) is 0 Å². The summed E-state index contributed by atoms with van der Waals surface area (Å²) < 4.78 is 1.72. The third kappa shape index (κ3) is 2.79. The van der Waals surface area contributed by atoms with Crippen molar-refractivity contribution in [1.29, 1.82) is 0 Å². The summed E-state index contributed by atoms with van der Waals surface area (Å²) in [4.78, 5) is 12.8. The van der Waals surface area contributed by atoms with E-state index in [1.54, 1.807) is 16.1 Å². The maximum absolute atomic E-state index is 12.0. The first-order valence-corrected chi connectivity index (χ1v) is 7.32. The van der Waals surface area contributed by atoms with E-state index in [4.69, 9.17) is 23.2 Å². The lowest BCUT2D eigenvalue weighted by Crippen LogP contribution is -2.12. The van der Waals surface area contributed by atoms with Crippen LogP contribution in [0.3, 0.4) is 0 Å². The molecule has 1 aromatic carbocycles. The summed E-state index contributed by atoms with van der Waals surface area (Å²) in [5.41, 5.74) is 0.835. The van der Waals surface area contributed by atoms with Gasteiger partial charge in [-0.1, -0.05) is 60.2 Å². The van der Waals surface area contributed by atoms with Crippen LogP contribution in [0.25, 0.3) is 10.4 Å². The molecule has 96 valence electrons. The molecule has 0 radical (unpaired) electrons. The summed E-state index contributed by atoms with van der Waals surface area (Å²) in [6.45, 7) is 2.83. The Hall–Kier alpha value is -0.770. The van der Waals surface area contributed by atoms with Crippen LogP contribution in [0.1, 0.15) is 19.8 Å². The second kappa shape index (κ2) is 5.91. The monoisotopic (exact) mass is 301 g/mol. The second-order valence-electron chi connectivity index (χ2n) is 4.00. The molecule has 0 N–H and O–H groups in total. The summed E-state index contributed by atoms with van der Waals surface area (Å²) in [6.07, 6.45) is 2.04. The van der Waals surface area contributed by atoms with Gasteiger partial charge >= 0.3 is 0 Å². The molecule has 2 rings (SSSR count). The second-order valence-corrected chi connectivity index (χ2v) is 5.85. The zero-order valence-corrected chi connectivity index (χ0v) is 12.3. The number of hydrogen-bond acceptors (Lipinski definition) is 2. The zero-order valence-electron chi connectivity index (χ0n) is 9.95. The first kappa shape index (κ1) is 13.7. The van der Waals surface area contributed by atoms with Crippen molar-refractivity contribution in [3.63, 3.8) is 0 Å². The fourth-order valence-corrected chi connectivity index (χ4v) is 3.14. The number of aromatic nitrogens is 1. The van der Waals surface area contributed by atoms with Crippen LogP contribution in [-0.4, -0.2) is 3.96 Å². The smallest absolute Gasteiger partial charge is 0.267 e. The van der Waals surface area contributed by atoms with Gasteiger partial charge in [0.15, 0.2) is 0 Å². The molecule has 0 saturated heterocycles. The topological polar surface area (TPSA) is 22.0 Å². The number of aryl methyl sites for hydroxylation is 1. The van der Waals surface area contributed by atoms with E-state index >= 15 is 0 Å². The quantitative estimate of drug-likeness (QED) is 0.803. The molecule has 1 aromatic heterocycles. The van der Waals surface area contributed by atoms with Gasteiger partial charge in [-0.05, 0) is 24.1 Å². The van der Waals surface area contributed by atoms with E-state index in [0.717, 1.165) is 29.8 Å². The normalized spacial score (nSPS) is 10.8. The highest BCUT2D eigenvalue weighted by atomic mass is 35.5. The third-order valence-corrected chi connectivity index (χ3v) is 4.54. The summed E-state index contributed by atoms with van der Waals surface area (Å²) >= 11 is 13.4.